The van der Waals surface area contributed by atoms with E-state index in [1.54, 1.807) is 0 Å². The first-order valence-electron chi connectivity index (χ1n) is 10.0. The Balaban J connectivity index is 2.08. The number of carbonyl (C=O) groups excluding carboxylic acids is 1. The molecule has 0 saturated carbocycles. The van der Waals surface area contributed by atoms with E-state index in [1.165, 1.54) is 12.0 Å². The van der Waals surface area contributed by atoms with Crippen LogP contribution >= 0.6 is 0 Å². The Bertz CT molecular complexity index is 553. The maximum atomic E-state index is 12.6. The lowest BCUT2D eigenvalue weighted by molar-refractivity contribution is -0.185. The quantitative estimate of drug-likeness (QED) is 0.716. The van der Waals surface area contributed by atoms with Crippen molar-refractivity contribution in [3.05, 3.63) is 0 Å². The molecule has 27 heavy (non-hydrogen) atoms. The molecular weight excluding hydrogens is 346 g/mol. The van der Waals surface area contributed by atoms with Crippen LogP contribution in [-0.2, 0) is 14.3 Å². The van der Waals surface area contributed by atoms with E-state index in [2.05, 4.69) is 27.7 Å². The molecule has 0 spiro atoms. The van der Waals surface area contributed by atoms with Crippen LogP contribution in [0.4, 0.5) is 4.79 Å². The van der Waals surface area contributed by atoms with Crippen molar-refractivity contribution in [3.63, 3.8) is 0 Å². The summed E-state index contributed by atoms with van der Waals surface area (Å²) in [5, 5.41) is 9.43. The van der Waals surface area contributed by atoms with E-state index in [-0.39, 0.29) is 40.5 Å². The summed E-state index contributed by atoms with van der Waals surface area (Å²) in [5.74, 6) is 0.172. The van der Waals surface area contributed by atoms with Crippen molar-refractivity contribution >= 4 is 12.1 Å². The van der Waals surface area contributed by atoms with Crippen molar-refractivity contribution in [2.75, 3.05) is 13.7 Å². The number of ether oxygens (including phenoxy) is 2. The van der Waals surface area contributed by atoms with Crippen LogP contribution in [-0.4, -0.2) is 52.5 Å². The van der Waals surface area contributed by atoms with Gasteiger partial charge in [0, 0.05) is 12.1 Å². The fourth-order valence-corrected chi connectivity index (χ4v) is 5.48. The second-order valence-electron chi connectivity index (χ2n) is 10.3. The Morgan fingerprint density at radius 1 is 1.11 bits per heavy atom. The van der Waals surface area contributed by atoms with Crippen LogP contribution in [0.25, 0.3) is 0 Å². The SMILES string of the molecule is COC(=O)C(CC[C@@H]1CN(C(=O)O)C(C)(C)C1)C1CC(C)(C)OC(C)(C)C1. The highest BCUT2D eigenvalue weighted by molar-refractivity contribution is 5.72. The standard InChI is InChI=1S/C21H37NO5/c1-19(2)10-14(13-22(19)18(24)25)8-9-16(17(23)26-7)15-11-20(3,4)27-21(5,6)12-15/h14-16H,8-13H2,1-7H3,(H,24,25)/t14-,16?/m0/s1. The van der Waals surface area contributed by atoms with Gasteiger partial charge in [-0.15, -0.1) is 0 Å². The van der Waals surface area contributed by atoms with Crippen LogP contribution in [0.2, 0.25) is 0 Å². The topological polar surface area (TPSA) is 76.1 Å². The molecule has 0 aromatic carbocycles. The van der Waals surface area contributed by atoms with E-state index in [0.29, 0.717) is 6.54 Å². The lowest BCUT2D eigenvalue weighted by Crippen LogP contribution is -2.48. The maximum absolute atomic E-state index is 12.6. The fraction of sp³-hybridized carbons (Fsp3) is 0.905. The van der Waals surface area contributed by atoms with Crippen LogP contribution in [0.3, 0.4) is 0 Å². The van der Waals surface area contributed by atoms with Gasteiger partial charge in [0.15, 0.2) is 0 Å². The van der Waals surface area contributed by atoms with E-state index < -0.39 is 6.09 Å². The third-order valence-electron chi connectivity index (χ3n) is 6.21. The maximum Gasteiger partial charge on any atom is 0.407 e. The minimum atomic E-state index is -0.861. The average molecular weight is 384 g/mol. The fourth-order valence-electron chi connectivity index (χ4n) is 5.48. The summed E-state index contributed by atoms with van der Waals surface area (Å²) in [4.78, 5) is 25.6. The molecule has 0 bridgehead atoms. The molecule has 1 N–H and O–H groups in total. The highest BCUT2D eigenvalue weighted by Gasteiger charge is 2.45. The average Bonchev–Trinajstić information content (AvgIpc) is 2.78. The predicted octanol–water partition coefficient (Wildman–Crippen LogP) is 4.32. The Labute approximate surface area is 163 Å². The van der Waals surface area contributed by atoms with Gasteiger partial charge in [0.2, 0.25) is 0 Å². The van der Waals surface area contributed by atoms with E-state index in [9.17, 15) is 14.7 Å². The zero-order valence-corrected chi connectivity index (χ0v) is 18.0. The van der Waals surface area contributed by atoms with Gasteiger partial charge < -0.3 is 19.5 Å². The second-order valence-corrected chi connectivity index (χ2v) is 10.3. The van der Waals surface area contributed by atoms with Gasteiger partial charge in [-0.1, -0.05) is 0 Å². The van der Waals surface area contributed by atoms with Gasteiger partial charge in [0.25, 0.3) is 0 Å². The minimum absolute atomic E-state index is 0.152. The van der Waals surface area contributed by atoms with Crippen molar-refractivity contribution in [2.45, 2.75) is 90.4 Å². The second kappa shape index (κ2) is 7.61. The Morgan fingerprint density at radius 2 is 1.67 bits per heavy atom. The molecule has 156 valence electrons. The van der Waals surface area contributed by atoms with Gasteiger partial charge in [-0.3, -0.25) is 4.79 Å². The Morgan fingerprint density at radius 3 is 2.11 bits per heavy atom. The number of amides is 1. The molecule has 0 radical (unpaired) electrons. The number of nitrogens with zero attached hydrogens (tertiary/aromatic N) is 1. The number of carbonyl (C=O) groups is 2. The van der Waals surface area contributed by atoms with Crippen molar-refractivity contribution in [2.24, 2.45) is 17.8 Å². The number of hydrogen-bond acceptors (Lipinski definition) is 4. The summed E-state index contributed by atoms with van der Waals surface area (Å²) >= 11 is 0. The minimum Gasteiger partial charge on any atom is -0.469 e. The highest BCUT2D eigenvalue weighted by Crippen LogP contribution is 2.44. The normalized spacial score (nSPS) is 28.0. The van der Waals surface area contributed by atoms with Crippen LogP contribution in [0.1, 0.15) is 73.6 Å². The molecule has 1 unspecified atom stereocenters. The van der Waals surface area contributed by atoms with E-state index in [1.807, 2.05) is 13.8 Å². The number of hydrogen-bond donors (Lipinski definition) is 1. The third-order valence-corrected chi connectivity index (χ3v) is 6.21. The first-order chi connectivity index (χ1) is 12.3. The zero-order valence-electron chi connectivity index (χ0n) is 18.0. The first-order valence-corrected chi connectivity index (χ1v) is 10.0. The number of rotatable bonds is 5. The summed E-state index contributed by atoms with van der Waals surface area (Å²) in [5.41, 5.74) is -0.887. The number of carboxylic acid groups (broad SMARTS) is 1. The van der Waals surface area contributed by atoms with Crippen LogP contribution in [0.15, 0.2) is 0 Å². The van der Waals surface area contributed by atoms with Crippen molar-refractivity contribution in [1.82, 2.24) is 4.90 Å². The van der Waals surface area contributed by atoms with Gasteiger partial charge in [0.05, 0.1) is 24.2 Å². The van der Waals surface area contributed by atoms with Crippen LogP contribution in [0, 0.1) is 17.8 Å². The van der Waals surface area contributed by atoms with Gasteiger partial charge in [-0.05, 0) is 85.5 Å². The summed E-state index contributed by atoms with van der Waals surface area (Å²) in [6.45, 7) is 12.8. The lowest BCUT2D eigenvalue weighted by Gasteiger charge is -2.47. The van der Waals surface area contributed by atoms with E-state index in [0.717, 1.165) is 32.1 Å². The summed E-state index contributed by atoms with van der Waals surface area (Å²) in [6.07, 6.45) is 3.20. The Kier molecular flexibility index (Phi) is 6.20. The molecule has 2 atom stereocenters. The van der Waals surface area contributed by atoms with Gasteiger partial charge >= 0.3 is 12.1 Å². The summed E-state index contributed by atoms with van der Waals surface area (Å²) < 4.78 is 11.3. The van der Waals surface area contributed by atoms with E-state index >= 15 is 0 Å². The molecule has 0 aromatic rings. The third kappa shape index (κ3) is 5.37. The monoisotopic (exact) mass is 383 g/mol. The summed E-state index contributed by atoms with van der Waals surface area (Å²) in [6, 6.07) is 0. The smallest absolute Gasteiger partial charge is 0.407 e. The highest BCUT2D eigenvalue weighted by atomic mass is 16.5. The van der Waals surface area contributed by atoms with Crippen LogP contribution in [0.5, 0.6) is 0 Å². The van der Waals surface area contributed by atoms with E-state index in [4.69, 9.17) is 9.47 Å². The molecule has 0 aliphatic carbocycles. The molecule has 6 heteroatoms. The predicted molar refractivity (Wildman–Crippen MR) is 104 cm³/mol. The van der Waals surface area contributed by atoms with Crippen LogP contribution < -0.4 is 0 Å². The Hall–Kier alpha value is -1.30. The molecule has 6 nitrogen and oxygen atoms in total. The number of esters is 1. The molecule has 2 aliphatic heterocycles. The van der Waals surface area contributed by atoms with Gasteiger partial charge in [-0.2, -0.15) is 0 Å². The van der Waals surface area contributed by atoms with Gasteiger partial charge in [-0.25, -0.2) is 4.79 Å². The van der Waals surface area contributed by atoms with Crippen molar-refractivity contribution in [1.29, 1.82) is 0 Å². The molecule has 2 aliphatic rings. The molecule has 0 aromatic heterocycles. The molecular formula is C21H37NO5. The zero-order chi connectivity index (χ0) is 20.6. The molecule has 2 saturated heterocycles. The molecule has 2 fully saturated rings. The largest absolute Gasteiger partial charge is 0.469 e. The molecule has 1 amide bonds. The van der Waals surface area contributed by atoms with Crippen molar-refractivity contribution in [3.8, 4) is 0 Å². The number of methoxy groups -OCH3 is 1. The lowest BCUT2D eigenvalue weighted by atomic mass is 9.72. The first kappa shape index (κ1) is 22.0. The molecule has 2 rings (SSSR count). The van der Waals surface area contributed by atoms with Crippen molar-refractivity contribution < 1.29 is 24.2 Å². The molecule has 2 heterocycles. The van der Waals surface area contributed by atoms with Gasteiger partial charge in [0.1, 0.15) is 0 Å². The summed E-state index contributed by atoms with van der Waals surface area (Å²) in [7, 11) is 1.45. The number of likely N-dealkylation sites (tertiary alicyclic amines) is 1.